The molecule has 2 rings (SSSR count). The highest BCUT2D eigenvalue weighted by molar-refractivity contribution is 5.82. The summed E-state index contributed by atoms with van der Waals surface area (Å²) in [6, 6.07) is 0. The standard InChI is InChI=1S/C14H24N2O5/c1-3-15(13(18)20-9-8-19-2)10-12(17)16-6-7-21-14(11-16)4-5-14/h3-11H2,1-2H3. The van der Waals surface area contributed by atoms with E-state index in [-0.39, 0.29) is 24.7 Å². The first kappa shape index (κ1) is 16.0. The molecule has 0 aromatic rings. The molecule has 1 heterocycles. The maximum absolute atomic E-state index is 12.3. The number of ether oxygens (including phenoxy) is 3. The second kappa shape index (κ2) is 7.09. The van der Waals surface area contributed by atoms with Crippen molar-refractivity contribution in [2.24, 2.45) is 0 Å². The Balaban J connectivity index is 1.80. The van der Waals surface area contributed by atoms with Crippen molar-refractivity contribution in [2.45, 2.75) is 25.4 Å². The lowest BCUT2D eigenvalue weighted by atomic mass is 10.2. The molecule has 2 amide bonds. The van der Waals surface area contributed by atoms with Gasteiger partial charge in [-0.3, -0.25) is 9.69 Å². The van der Waals surface area contributed by atoms with Gasteiger partial charge in [0.1, 0.15) is 13.2 Å². The highest BCUT2D eigenvalue weighted by Crippen LogP contribution is 2.41. The Hall–Kier alpha value is -1.34. The maximum Gasteiger partial charge on any atom is 0.410 e. The molecule has 0 unspecified atom stereocenters. The van der Waals surface area contributed by atoms with Crippen LogP contribution in [0.5, 0.6) is 0 Å². The number of likely N-dealkylation sites (N-methyl/N-ethyl adjacent to an activating group) is 1. The van der Waals surface area contributed by atoms with E-state index in [0.717, 1.165) is 12.8 Å². The smallest absolute Gasteiger partial charge is 0.410 e. The third-order valence-electron chi connectivity index (χ3n) is 3.89. The Morgan fingerprint density at radius 1 is 1.33 bits per heavy atom. The highest BCUT2D eigenvalue weighted by Gasteiger charge is 2.48. The van der Waals surface area contributed by atoms with Crippen LogP contribution in [-0.4, -0.2) is 80.5 Å². The van der Waals surface area contributed by atoms with E-state index in [0.29, 0.717) is 32.8 Å². The fraction of sp³-hybridized carbons (Fsp3) is 0.857. The lowest BCUT2D eigenvalue weighted by molar-refractivity contribution is -0.141. The molecule has 2 aliphatic rings. The number of rotatable bonds is 6. The molecular formula is C14H24N2O5. The van der Waals surface area contributed by atoms with Gasteiger partial charge in [-0.05, 0) is 19.8 Å². The minimum Gasteiger partial charge on any atom is -0.447 e. The van der Waals surface area contributed by atoms with Crippen molar-refractivity contribution in [3.63, 3.8) is 0 Å². The van der Waals surface area contributed by atoms with E-state index in [9.17, 15) is 9.59 Å². The molecular weight excluding hydrogens is 276 g/mol. The minimum absolute atomic E-state index is 0.0462. The van der Waals surface area contributed by atoms with Crippen molar-refractivity contribution in [3.8, 4) is 0 Å². The Kier molecular flexibility index (Phi) is 5.41. The van der Waals surface area contributed by atoms with Gasteiger partial charge in [0, 0.05) is 26.7 Å². The van der Waals surface area contributed by atoms with Gasteiger partial charge in [0.15, 0.2) is 0 Å². The van der Waals surface area contributed by atoms with Crippen LogP contribution in [0, 0.1) is 0 Å². The Labute approximate surface area is 125 Å². The third-order valence-corrected chi connectivity index (χ3v) is 3.89. The molecule has 1 aliphatic heterocycles. The van der Waals surface area contributed by atoms with Gasteiger partial charge in [-0.1, -0.05) is 0 Å². The van der Waals surface area contributed by atoms with Crippen LogP contribution in [0.3, 0.4) is 0 Å². The van der Waals surface area contributed by atoms with Crippen LogP contribution >= 0.6 is 0 Å². The molecule has 7 nitrogen and oxygen atoms in total. The Morgan fingerprint density at radius 2 is 2.10 bits per heavy atom. The molecule has 0 aromatic heterocycles. The first-order chi connectivity index (χ1) is 10.1. The van der Waals surface area contributed by atoms with Crippen LogP contribution in [0.4, 0.5) is 4.79 Å². The number of carbonyl (C=O) groups excluding carboxylic acids is 2. The molecule has 0 N–H and O–H groups in total. The number of carbonyl (C=O) groups is 2. The molecule has 1 spiro atoms. The SMILES string of the molecule is CCN(CC(=O)N1CCOC2(CC2)C1)C(=O)OCCOC. The minimum atomic E-state index is -0.475. The molecule has 1 saturated carbocycles. The number of hydrogen-bond acceptors (Lipinski definition) is 5. The molecule has 21 heavy (non-hydrogen) atoms. The molecule has 0 aromatic carbocycles. The largest absolute Gasteiger partial charge is 0.447 e. The van der Waals surface area contributed by atoms with Gasteiger partial charge in [-0.2, -0.15) is 0 Å². The average molecular weight is 300 g/mol. The predicted molar refractivity (Wildman–Crippen MR) is 75.0 cm³/mol. The quantitative estimate of drug-likeness (QED) is 0.668. The molecule has 2 fully saturated rings. The fourth-order valence-electron chi connectivity index (χ4n) is 2.37. The van der Waals surface area contributed by atoms with Crippen LogP contribution in [0.15, 0.2) is 0 Å². The van der Waals surface area contributed by atoms with Crippen molar-refractivity contribution >= 4 is 12.0 Å². The zero-order valence-electron chi connectivity index (χ0n) is 12.8. The lowest BCUT2D eigenvalue weighted by Crippen LogP contribution is -2.50. The summed E-state index contributed by atoms with van der Waals surface area (Å²) in [5.41, 5.74) is -0.0933. The summed E-state index contributed by atoms with van der Waals surface area (Å²) in [5.74, 6) is -0.0462. The first-order valence-corrected chi connectivity index (χ1v) is 7.42. The van der Waals surface area contributed by atoms with Crippen LogP contribution in [0.2, 0.25) is 0 Å². The first-order valence-electron chi connectivity index (χ1n) is 7.42. The molecule has 120 valence electrons. The zero-order valence-corrected chi connectivity index (χ0v) is 12.8. The average Bonchev–Trinajstić information content (AvgIpc) is 3.23. The fourth-order valence-corrected chi connectivity index (χ4v) is 2.37. The van der Waals surface area contributed by atoms with Crippen molar-refractivity contribution in [1.82, 2.24) is 9.80 Å². The number of nitrogens with zero attached hydrogens (tertiary/aromatic N) is 2. The van der Waals surface area contributed by atoms with E-state index in [1.165, 1.54) is 4.90 Å². The van der Waals surface area contributed by atoms with Gasteiger partial charge in [0.2, 0.25) is 5.91 Å². The van der Waals surface area contributed by atoms with E-state index >= 15 is 0 Å². The molecule has 0 radical (unpaired) electrons. The summed E-state index contributed by atoms with van der Waals surface area (Å²) in [4.78, 5) is 27.4. The maximum atomic E-state index is 12.3. The second-order valence-electron chi connectivity index (χ2n) is 5.47. The van der Waals surface area contributed by atoms with Crippen molar-refractivity contribution < 1.29 is 23.8 Å². The number of morpholine rings is 1. The van der Waals surface area contributed by atoms with Gasteiger partial charge in [-0.15, -0.1) is 0 Å². The van der Waals surface area contributed by atoms with Gasteiger partial charge in [0.25, 0.3) is 0 Å². The topological polar surface area (TPSA) is 68.3 Å². The highest BCUT2D eigenvalue weighted by atomic mass is 16.6. The zero-order chi connectivity index (χ0) is 15.3. The van der Waals surface area contributed by atoms with E-state index in [4.69, 9.17) is 14.2 Å². The van der Waals surface area contributed by atoms with Crippen molar-refractivity contribution in [1.29, 1.82) is 0 Å². The van der Waals surface area contributed by atoms with E-state index < -0.39 is 6.09 Å². The number of hydrogen-bond donors (Lipinski definition) is 0. The summed E-state index contributed by atoms with van der Waals surface area (Å²) in [6.45, 7) is 4.68. The van der Waals surface area contributed by atoms with Gasteiger partial charge < -0.3 is 19.1 Å². The van der Waals surface area contributed by atoms with Gasteiger partial charge in [0.05, 0.1) is 18.8 Å². The van der Waals surface area contributed by atoms with E-state index in [1.54, 1.807) is 12.0 Å². The molecule has 7 heteroatoms. The molecule has 1 aliphatic carbocycles. The Bertz CT molecular complexity index is 384. The second-order valence-corrected chi connectivity index (χ2v) is 5.47. The summed E-state index contributed by atoms with van der Waals surface area (Å²) in [7, 11) is 1.54. The summed E-state index contributed by atoms with van der Waals surface area (Å²) >= 11 is 0. The number of methoxy groups -OCH3 is 1. The van der Waals surface area contributed by atoms with Gasteiger partial charge in [-0.25, -0.2) is 4.79 Å². The normalized spacial score (nSPS) is 19.4. The molecule has 0 bridgehead atoms. The molecule has 1 saturated heterocycles. The van der Waals surface area contributed by atoms with Crippen LogP contribution in [0.1, 0.15) is 19.8 Å². The number of amides is 2. The van der Waals surface area contributed by atoms with Crippen LogP contribution < -0.4 is 0 Å². The monoisotopic (exact) mass is 300 g/mol. The van der Waals surface area contributed by atoms with Crippen molar-refractivity contribution in [2.75, 3.05) is 53.1 Å². The summed E-state index contributed by atoms with van der Waals surface area (Å²) in [5, 5.41) is 0. The Morgan fingerprint density at radius 3 is 2.71 bits per heavy atom. The van der Waals surface area contributed by atoms with E-state index in [1.807, 2.05) is 6.92 Å². The molecule has 0 atom stereocenters. The van der Waals surface area contributed by atoms with E-state index in [2.05, 4.69) is 0 Å². The van der Waals surface area contributed by atoms with Crippen LogP contribution in [-0.2, 0) is 19.0 Å². The lowest BCUT2D eigenvalue weighted by Gasteiger charge is -2.34. The third kappa shape index (κ3) is 4.31. The predicted octanol–water partition coefficient (Wildman–Crippen LogP) is 0.483. The van der Waals surface area contributed by atoms with Crippen LogP contribution in [0.25, 0.3) is 0 Å². The summed E-state index contributed by atoms with van der Waals surface area (Å²) < 4.78 is 15.6. The summed E-state index contributed by atoms with van der Waals surface area (Å²) in [6.07, 6.45) is 1.57. The van der Waals surface area contributed by atoms with Crippen molar-refractivity contribution in [3.05, 3.63) is 0 Å². The van der Waals surface area contributed by atoms with Gasteiger partial charge >= 0.3 is 6.09 Å².